The van der Waals surface area contributed by atoms with Crippen molar-refractivity contribution in [2.75, 3.05) is 20.3 Å². The molecule has 104 valence electrons. The summed E-state index contributed by atoms with van der Waals surface area (Å²) in [6, 6.07) is 6.92. The Morgan fingerprint density at radius 3 is 2.44 bits per heavy atom. The van der Waals surface area contributed by atoms with Crippen molar-refractivity contribution in [2.45, 2.75) is 20.4 Å². The summed E-state index contributed by atoms with van der Waals surface area (Å²) >= 11 is 0. The number of benzene rings is 1. The number of rotatable bonds is 4. The molecule has 1 aromatic carbocycles. The van der Waals surface area contributed by atoms with Crippen LogP contribution >= 0.6 is 0 Å². The first-order valence-corrected chi connectivity index (χ1v) is 5.92. The third-order valence-electron chi connectivity index (χ3n) is 1.72. The number of aliphatic hydroxyl groups is 1. The number of aliphatic hydroxyl groups excluding tert-OH is 1. The van der Waals surface area contributed by atoms with E-state index in [1.807, 2.05) is 19.9 Å². The molecule has 0 saturated carbocycles. The smallest absolute Gasteiger partial charge is 0.338 e. The quantitative estimate of drug-likeness (QED) is 0.695. The maximum absolute atomic E-state index is 11.3. The highest BCUT2D eigenvalue weighted by Crippen LogP contribution is 2.05. The van der Waals surface area contributed by atoms with Crippen molar-refractivity contribution in [1.82, 2.24) is 0 Å². The van der Waals surface area contributed by atoms with Crippen molar-refractivity contribution in [3.63, 3.8) is 0 Å². The van der Waals surface area contributed by atoms with Gasteiger partial charge in [-0.15, -0.1) is 0 Å². The average molecular weight is 256 g/mol. The number of carbonyl (C=O) groups excluding carboxylic acids is 1. The second kappa shape index (κ2) is 13.6. The Bertz CT molecular complexity index is 317. The molecule has 0 radical (unpaired) electrons. The van der Waals surface area contributed by atoms with E-state index in [4.69, 9.17) is 15.6 Å². The van der Waals surface area contributed by atoms with Gasteiger partial charge in [0.05, 0.1) is 12.2 Å². The zero-order chi connectivity index (χ0) is 14.4. The van der Waals surface area contributed by atoms with Crippen LogP contribution in [-0.2, 0) is 11.3 Å². The SMILES string of the molecule is CC.CN.NCc1cccc(C(=O)OCCO)c1. The van der Waals surface area contributed by atoms with Gasteiger partial charge >= 0.3 is 5.97 Å². The second-order valence-corrected chi connectivity index (χ2v) is 2.76. The normalized spacial score (nSPS) is 8.33. The molecular weight excluding hydrogens is 232 g/mol. The van der Waals surface area contributed by atoms with Crippen LogP contribution in [0.15, 0.2) is 24.3 Å². The van der Waals surface area contributed by atoms with Crippen LogP contribution in [-0.4, -0.2) is 31.3 Å². The molecule has 5 heteroatoms. The highest BCUT2D eigenvalue weighted by atomic mass is 16.5. The largest absolute Gasteiger partial charge is 0.460 e. The van der Waals surface area contributed by atoms with Crippen LogP contribution in [0.25, 0.3) is 0 Å². The van der Waals surface area contributed by atoms with E-state index in [9.17, 15) is 4.79 Å². The van der Waals surface area contributed by atoms with E-state index < -0.39 is 5.97 Å². The fourth-order valence-corrected chi connectivity index (χ4v) is 1.05. The Morgan fingerprint density at radius 2 is 1.94 bits per heavy atom. The molecule has 5 N–H and O–H groups in total. The molecule has 0 atom stereocenters. The Hall–Kier alpha value is -1.43. The molecular formula is C13H24N2O3. The van der Waals surface area contributed by atoms with Crippen molar-refractivity contribution in [3.8, 4) is 0 Å². The Morgan fingerprint density at radius 1 is 1.33 bits per heavy atom. The lowest BCUT2D eigenvalue weighted by Crippen LogP contribution is -2.09. The topological polar surface area (TPSA) is 98.6 Å². The number of hydrogen-bond acceptors (Lipinski definition) is 5. The molecule has 0 fully saturated rings. The maximum Gasteiger partial charge on any atom is 0.338 e. The van der Waals surface area contributed by atoms with Gasteiger partial charge in [-0.1, -0.05) is 26.0 Å². The van der Waals surface area contributed by atoms with Crippen molar-refractivity contribution in [1.29, 1.82) is 0 Å². The van der Waals surface area contributed by atoms with Crippen LogP contribution in [0.1, 0.15) is 29.8 Å². The molecule has 0 bridgehead atoms. The van der Waals surface area contributed by atoms with E-state index in [1.54, 1.807) is 18.2 Å². The monoisotopic (exact) mass is 256 g/mol. The first kappa shape index (κ1) is 18.9. The van der Waals surface area contributed by atoms with E-state index in [-0.39, 0.29) is 13.2 Å². The number of nitrogens with two attached hydrogens (primary N) is 2. The molecule has 0 aliphatic rings. The first-order chi connectivity index (χ1) is 8.77. The summed E-state index contributed by atoms with van der Waals surface area (Å²) in [5.74, 6) is -0.436. The van der Waals surface area contributed by atoms with E-state index in [0.29, 0.717) is 12.1 Å². The standard InChI is InChI=1S/C10H13NO3.C2H6.CH5N/c11-7-8-2-1-3-9(6-8)10(13)14-5-4-12;2*1-2/h1-3,6,12H,4-5,7,11H2;1-2H3;2H2,1H3. The van der Waals surface area contributed by atoms with E-state index in [2.05, 4.69) is 5.73 Å². The van der Waals surface area contributed by atoms with Gasteiger partial charge in [-0.2, -0.15) is 0 Å². The van der Waals surface area contributed by atoms with Gasteiger partial charge in [0.1, 0.15) is 6.61 Å². The van der Waals surface area contributed by atoms with Crippen molar-refractivity contribution < 1.29 is 14.6 Å². The van der Waals surface area contributed by atoms with E-state index in [0.717, 1.165) is 5.56 Å². The Labute approximate surface area is 109 Å². The van der Waals surface area contributed by atoms with Gasteiger partial charge < -0.3 is 21.3 Å². The number of carbonyl (C=O) groups is 1. The number of hydrogen-bond donors (Lipinski definition) is 3. The first-order valence-electron chi connectivity index (χ1n) is 5.92. The second-order valence-electron chi connectivity index (χ2n) is 2.76. The highest BCUT2D eigenvalue weighted by molar-refractivity contribution is 5.89. The van der Waals surface area contributed by atoms with Gasteiger partial charge in [-0.3, -0.25) is 0 Å². The summed E-state index contributed by atoms with van der Waals surface area (Å²) in [6.45, 7) is 4.25. The fraction of sp³-hybridized carbons (Fsp3) is 0.462. The van der Waals surface area contributed by atoms with Crippen molar-refractivity contribution in [2.24, 2.45) is 11.5 Å². The minimum absolute atomic E-state index is 0.0195. The molecule has 0 heterocycles. The fourth-order valence-electron chi connectivity index (χ4n) is 1.05. The molecule has 0 unspecified atom stereocenters. The summed E-state index contributed by atoms with van der Waals surface area (Å²) in [5.41, 5.74) is 11.3. The molecule has 18 heavy (non-hydrogen) atoms. The van der Waals surface area contributed by atoms with E-state index in [1.165, 1.54) is 7.05 Å². The van der Waals surface area contributed by atoms with Crippen LogP contribution in [0.4, 0.5) is 0 Å². The summed E-state index contributed by atoms with van der Waals surface area (Å²) in [6.07, 6.45) is 0. The lowest BCUT2D eigenvalue weighted by molar-refractivity contribution is 0.0433. The Kier molecular flexibility index (Phi) is 14.3. The summed E-state index contributed by atoms with van der Waals surface area (Å²) in [7, 11) is 1.50. The van der Waals surface area contributed by atoms with Crippen molar-refractivity contribution in [3.05, 3.63) is 35.4 Å². The number of esters is 1. The van der Waals surface area contributed by atoms with Crippen LogP contribution < -0.4 is 11.5 Å². The van der Waals surface area contributed by atoms with Gasteiger partial charge in [0.2, 0.25) is 0 Å². The summed E-state index contributed by atoms with van der Waals surface area (Å²) < 4.78 is 4.75. The van der Waals surface area contributed by atoms with Crippen LogP contribution in [0.3, 0.4) is 0 Å². The van der Waals surface area contributed by atoms with Crippen molar-refractivity contribution >= 4 is 5.97 Å². The van der Waals surface area contributed by atoms with Crippen LogP contribution in [0.5, 0.6) is 0 Å². The average Bonchev–Trinajstić information content (AvgIpc) is 2.49. The Balaban J connectivity index is 0. The number of ether oxygens (including phenoxy) is 1. The predicted octanol–water partition coefficient (Wildman–Crippen LogP) is 0.896. The molecule has 5 nitrogen and oxygen atoms in total. The molecule has 0 amide bonds. The lowest BCUT2D eigenvalue weighted by atomic mass is 10.1. The summed E-state index contributed by atoms with van der Waals surface area (Å²) in [4.78, 5) is 11.3. The molecule has 1 aromatic rings. The molecule has 1 rings (SSSR count). The van der Waals surface area contributed by atoms with Crippen LogP contribution in [0, 0.1) is 0 Å². The molecule has 0 aromatic heterocycles. The third-order valence-corrected chi connectivity index (χ3v) is 1.72. The zero-order valence-electron chi connectivity index (χ0n) is 11.3. The molecule has 0 spiro atoms. The van der Waals surface area contributed by atoms with Gasteiger partial charge in [-0.25, -0.2) is 4.79 Å². The molecule has 0 aliphatic heterocycles. The van der Waals surface area contributed by atoms with Gasteiger partial charge in [0, 0.05) is 6.54 Å². The van der Waals surface area contributed by atoms with Gasteiger partial charge in [-0.05, 0) is 24.7 Å². The minimum atomic E-state index is -0.436. The predicted molar refractivity (Wildman–Crippen MR) is 73.2 cm³/mol. The maximum atomic E-state index is 11.3. The van der Waals surface area contributed by atoms with Gasteiger partial charge in [0.15, 0.2) is 0 Å². The highest BCUT2D eigenvalue weighted by Gasteiger charge is 2.06. The van der Waals surface area contributed by atoms with E-state index >= 15 is 0 Å². The molecule has 0 saturated heterocycles. The summed E-state index contributed by atoms with van der Waals surface area (Å²) in [5, 5.41) is 8.47. The van der Waals surface area contributed by atoms with Gasteiger partial charge in [0.25, 0.3) is 0 Å². The minimum Gasteiger partial charge on any atom is -0.460 e. The van der Waals surface area contributed by atoms with Crippen LogP contribution in [0.2, 0.25) is 0 Å². The zero-order valence-corrected chi connectivity index (χ0v) is 11.3. The third kappa shape index (κ3) is 7.78. The molecule has 0 aliphatic carbocycles. The lowest BCUT2D eigenvalue weighted by Gasteiger charge is -2.03.